The molecule has 0 bridgehead atoms. The van der Waals surface area contributed by atoms with Crippen molar-refractivity contribution in [1.82, 2.24) is 8.87 Å². The first-order chi connectivity index (χ1) is 11.5. The molecule has 0 saturated heterocycles. The van der Waals surface area contributed by atoms with Gasteiger partial charge in [-0.15, -0.1) is 0 Å². The van der Waals surface area contributed by atoms with Gasteiger partial charge in [0.1, 0.15) is 0 Å². The van der Waals surface area contributed by atoms with Gasteiger partial charge in [-0.3, -0.25) is 0 Å². The van der Waals surface area contributed by atoms with E-state index in [2.05, 4.69) is 23.6 Å². The molecule has 4 rings (SSSR count). The van der Waals surface area contributed by atoms with Crippen LogP contribution in [0, 0.1) is 6.92 Å². The normalized spacial score (nSPS) is 21.3. The molecule has 1 aromatic heterocycles. The van der Waals surface area contributed by atoms with Crippen LogP contribution in [0.5, 0.6) is 0 Å². The predicted octanol–water partition coefficient (Wildman–Crippen LogP) is 3.44. The Morgan fingerprint density at radius 2 is 1.75 bits per heavy atom. The molecule has 2 aromatic rings. The van der Waals surface area contributed by atoms with Gasteiger partial charge in [-0.1, -0.05) is 6.07 Å². The number of hydrogen-bond donors (Lipinski definition) is 0. The van der Waals surface area contributed by atoms with Gasteiger partial charge in [0.25, 0.3) is 0 Å². The molecule has 1 aliphatic carbocycles. The molecule has 1 atom stereocenters. The fourth-order valence-electron chi connectivity index (χ4n) is 4.13. The number of benzene rings is 1. The highest BCUT2D eigenvalue weighted by atomic mass is 32.2. The fourth-order valence-corrected chi connectivity index (χ4v) is 5.78. The van der Waals surface area contributed by atoms with E-state index in [0.29, 0.717) is 11.4 Å². The molecule has 1 aliphatic heterocycles. The van der Waals surface area contributed by atoms with E-state index in [-0.39, 0.29) is 6.04 Å². The van der Waals surface area contributed by atoms with Gasteiger partial charge in [-0.25, -0.2) is 8.42 Å². The molecule has 0 unspecified atom stereocenters. The number of sulfonamides is 1. The van der Waals surface area contributed by atoms with Gasteiger partial charge in [0, 0.05) is 24.5 Å². The van der Waals surface area contributed by atoms with Crippen molar-refractivity contribution in [2.75, 3.05) is 6.54 Å². The van der Waals surface area contributed by atoms with Crippen molar-refractivity contribution < 1.29 is 8.42 Å². The van der Waals surface area contributed by atoms with Crippen molar-refractivity contribution in [3.8, 4) is 0 Å². The minimum absolute atomic E-state index is 0.131. The molecule has 24 heavy (non-hydrogen) atoms. The lowest BCUT2D eigenvalue weighted by atomic mass is 9.92. The zero-order valence-corrected chi connectivity index (χ0v) is 15.1. The summed E-state index contributed by atoms with van der Waals surface area (Å²) in [5.74, 6) is 0. The lowest BCUT2D eigenvalue weighted by Crippen LogP contribution is -2.41. The summed E-state index contributed by atoms with van der Waals surface area (Å²) in [7, 11) is -3.46. The van der Waals surface area contributed by atoms with Gasteiger partial charge >= 0.3 is 0 Å². The predicted molar refractivity (Wildman–Crippen MR) is 94.6 cm³/mol. The molecule has 0 radical (unpaired) electrons. The van der Waals surface area contributed by atoms with E-state index in [9.17, 15) is 8.42 Å². The van der Waals surface area contributed by atoms with E-state index >= 15 is 0 Å². The standard InChI is InChI=1S/C19H24N2O2S/c1-14-7-10-19-15(2)21(12-11-20(14)19)24(22,23)18-9-8-16-5-3-4-6-17(16)13-18/h7-10,13,15H,3-6,11-12H2,1-2H3/t15-/m0/s1. The van der Waals surface area contributed by atoms with Crippen LogP contribution in [0.15, 0.2) is 35.2 Å². The van der Waals surface area contributed by atoms with Crippen molar-refractivity contribution in [1.29, 1.82) is 0 Å². The van der Waals surface area contributed by atoms with Gasteiger partial charge in [-0.2, -0.15) is 4.31 Å². The average Bonchev–Trinajstić information content (AvgIpc) is 2.96. The first kappa shape index (κ1) is 15.9. The van der Waals surface area contributed by atoms with Crippen LogP contribution >= 0.6 is 0 Å². The molecule has 0 amide bonds. The van der Waals surface area contributed by atoms with Gasteiger partial charge in [0.05, 0.1) is 10.9 Å². The summed E-state index contributed by atoms with van der Waals surface area (Å²) in [5, 5.41) is 0. The second-order valence-electron chi connectivity index (χ2n) is 6.98. The van der Waals surface area contributed by atoms with Crippen molar-refractivity contribution >= 4 is 10.0 Å². The number of nitrogens with zero attached hydrogens (tertiary/aromatic N) is 2. The van der Waals surface area contributed by atoms with Crippen molar-refractivity contribution in [2.24, 2.45) is 0 Å². The summed E-state index contributed by atoms with van der Waals surface area (Å²) < 4.78 is 30.3. The Kier molecular flexibility index (Phi) is 3.81. The second kappa shape index (κ2) is 5.74. The highest BCUT2D eigenvalue weighted by Crippen LogP contribution is 2.33. The van der Waals surface area contributed by atoms with Crippen LogP contribution in [0.4, 0.5) is 0 Å². The summed E-state index contributed by atoms with van der Waals surface area (Å²) >= 11 is 0. The maximum absolute atomic E-state index is 13.2. The smallest absolute Gasteiger partial charge is 0.243 e. The summed E-state index contributed by atoms with van der Waals surface area (Å²) in [5.41, 5.74) is 4.81. The Balaban J connectivity index is 1.71. The molecule has 128 valence electrons. The Morgan fingerprint density at radius 3 is 2.54 bits per heavy atom. The number of hydrogen-bond acceptors (Lipinski definition) is 2. The molecule has 4 nitrogen and oxygen atoms in total. The highest BCUT2D eigenvalue weighted by molar-refractivity contribution is 7.89. The molecule has 2 aliphatic rings. The molecule has 2 heterocycles. The lowest BCUT2D eigenvalue weighted by Gasteiger charge is -2.34. The minimum Gasteiger partial charge on any atom is -0.346 e. The van der Waals surface area contributed by atoms with Crippen LogP contribution < -0.4 is 0 Å². The van der Waals surface area contributed by atoms with Crippen molar-refractivity contribution in [3.63, 3.8) is 0 Å². The van der Waals surface area contributed by atoms with Gasteiger partial charge in [-0.05, 0) is 74.9 Å². The molecule has 0 saturated carbocycles. The monoisotopic (exact) mass is 344 g/mol. The highest BCUT2D eigenvalue weighted by Gasteiger charge is 2.34. The Labute approximate surface area is 144 Å². The summed E-state index contributed by atoms with van der Waals surface area (Å²) in [6.45, 7) is 5.32. The summed E-state index contributed by atoms with van der Waals surface area (Å²) in [6.07, 6.45) is 4.43. The zero-order valence-electron chi connectivity index (χ0n) is 14.3. The lowest BCUT2D eigenvalue weighted by molar-refractivity contribution is 0.280. The van der Waals surface area contributed by atoms with Gasteiger partial charge < -0.3 is 4.57 Å². The number of aromatic nitrogens is 1. The fraction of sp³-hybridized carbons (Fsp3) is 0.474. The third kappa shape index (κ3) is 2.42. The first-order valence-electron chi connectivity index (χ1n) is 8.78. The SMILES string of the molecule is Cc1ccc2n1CCN(S(=O)(=O)c1ccc3c(c1)CCCC3)[C@H]2C. The maximum Gasteiger partial charge on any atom is 0.243 e. The second-order valence-corrected chi connectivity index (χ2v) is 8.87. The molecular weight excluding hydrogens is 320 g/mol. The molecule has 5 heteroatoms. The maximum atomic E-state index is 13.2. The largest absolute Gasteiger partial charge is 0.346 e. The molecule has 0 fully saturated rings. The van der Waals surface area contributed by atoms with E-state index in [0.717, 1.165) is 31.5 Å². The van der Waals surface area contributed by atoms with Crippen LogP contribution in [0.3, 0.4) is 0 Å². The van der Waals surface area contributed by atoms with E-state index in [1.165, 1.54) is 23.2 Å². The van der Waals surface area contributed by atoms with Crippen LogP contribution in [0.2, 0.25) is 0 Å². The summed E-state index contributed by atoms with van der Waals surface area (Å²) in [4.78, 5) is 0.451. The minimum atomic E-state index is -3.46. The van der Waals surface area contributed by atoms with E-state index < -0.39 is 10.0 Å². The quantitative estimate of drug-likeness (QED) is 0.837. The van der Waals surface area contributed by atoms with Gasteiger partial charge in [0.15, 0.2) is 0 Å². The molecule has 0 N–H and O–H groups in total. The van der Waals surface area contributed by atoms with E-state index in [1.807, 2.05) is 19.1 Å². The van der Waals surface area contributed by atoms with Crippen LogP contribution in [0.1, 0.15) is 48.3 Å². The molecule has 0 spiro atoms. The summed E-state index contributed by atoms with van der Waals surface area (Å²) in [6, 6.07) is 9.71. The topological polar surface area (TPSA) is 42.3 Å². The van der Waals surface area contributed by atoms with E-state index in [4.69, 9.17) is 0 Å². The third-order valence-electron chi connectivity index (χ3n) is 5.56. The van der Waals surface area contributed by atoms with Crippen LogP contribution in [-0.2, 0) is 29.4 Å². The number of rotatable bonds is 2. The molecule has 1 aromatic carbocycles. The zero-order chi connectivity index (χ0) is 16.9. The van der Waals surface area contributed by atoms with Gasteiger partial charge in [0.2, 0.25) is 10.0 Å². The molecular formula is C19H24N2O2S. The third-order valence-corrected chi connectivity index (χ3v) is 7.53. The first-order valence-corrected chi connectivity index (χ1v) is 10.2. The Hall–Kier alpha value is -1.59. The number of aryl methyl sites for hydroxylation is 3. The average molecular weight is 344 g/mol. The van der Waals surface area contributed by atoms with Crippen molar-refractivity contribution in [2.45, 2.75) is 57.0 Å². The van der Waals surface area contributed by atoms with Crippen LogP contribution in [-0.4, -0.2) is 23.8 Å². The van der Waals surface area contributed by atoms with Crippen LogP contribution in [0.25, 0.3) is 0 Å². The van der Waals surface area contributed by atoms with Crippen molar-refractivity contribution in [3.05, 3.63) is 52.8 Å². The number of fused-ring (bicyclic) bond motifs is 2. The Morgan fingerprint density at radius 1 is 1.00 bits per heavy atom. The van der Waals surface area contributed by atoms with E-state index in [1.54, 1.807) is 10.4 Å². The Bertz CT molecular complexity index is 883.